The Morgan fingerprint density at radius 1 is 1.32 bits per heavy atom. The largest absolute Gasteiger partial charge is 0.320 e. The summed E-state index contributed by atoms with van der Waals surface area (Å²) in [7, 11) is 0. The Balaban J connectivity index is 1.91. The van der Waals surface area contributed by atoms with Crippen molar-refractivity contribution >= 4 is 39.9 Å². The minimum Gasteiger partial charge on any atom is -0.320 e. The summed E-state index contributed by atoms with van der Waals surface area (Å²) in [5.41, 5.74) is 0.689. The molecule has 0 fully saturated rings. The summed E-state index contributed by atoms with van der Waals surface area (Å²) in [6.07, 6.45) is 3.14. The summed E-state index contributed by atoms with van der Waals surface area (Å²) in [5.74, 6) is -0.610. The zero-order chi connectivity index (χ0) is 18.1. The lowest BCUT2D eigenvalue weighted by Gasteiger charge is -2.08. The number of nitrogens with zero attached hydrogens (tertiary/aromatic N) is 4. The number of hydrogen-bond donors (Lipinski definition) is 1. The maximum absolute atomic E-state index is 12.4. The van der Waals surface area contributed by atoms with Gasteiger partial charge in [0.2, 0.25) is 0 Å². The highest BCUT2D eigenvalue weighted by atomic mass is 35.5. The molecule has 1 N–H and O–H groups in total. The SMILES string of the molecule is CC(C)n1ncc2cc(NC(=O)c3ccc(Cl)cc3[N+](=O)[O-])cnc21. The highest BCUT2D eigenvalue weighted by Gasteiger charge is 2.21. The number of amides is 1. The first-order valence-electron chi connectivity index (χ1n) is 7.45. The summed E-state index contributed by atoms with van der Waals surface area (Å²) < 4.78 is 1.77. The van der Waals surface area contributed by atoms with Gasteiger partial charge in [0.05, 0.1) is 23.0 Å². The standard InChI is InChI=1S/C16H14ClN5O3/c1-9(2)21-15-10(7-19-21)5-12(8-18-15)20-16(23)13-4-3-11(17)6-14(13)22(24)25/h3-9H,1-2H3,(H,20,23). The zero-order valence-electron chi connectivity index (χ0n) is 13.4. The molecule has 2 aromatic heterocycles. The van der Waals surface area contributed by atoms with Crippen molar-refractivity contribution in [1.29, 1.82) is 0 Å². The van der Waals surface area contributed by atoms with Gasteiger partial charge in [-0.05, 0) is 32.0 Å². The number of hydrogen-bond acceptors (Lipinski definition) is 5. The summed E-state index contributed by atoms with van der Waals surface area (Å²) in [6.45, 7) is 3.98. The Hall–Kier alpha value is -3.00. The molecule has 0 bridgehead atoms. The Morgan fingerprint density at radius 3 is 2.76 bits per heavy atom. The van der Waals surface area contributed by atoms with Crippen LogP contribution in [0.4, 0.5) is 11.4 Å². The lowest BCUT2D eigenvalue weighted by atomic mass is 10.1. The van der Waals surface area contributed by atoms with E-state index in [4.69, 9.17) is 11.6 Å². The first-order valence-corrected chi connectivity index (χ1v) is 7.83. The summed E-state index contributed by atoms with van der Waals surface area (Å²) in [6, 6.07) is 5.76. The second-order valence-corrected chi connectivity index (χ2v) is 6.13. The highest BCUT2D eigenvalue weighted by molar-refractivity contribution is 6.31. The van der Waals surface area contributed by atoms with Crippen LogP contribution < -0.4 is 5.32 Å². The van der Waals surface area contributed by atoms with E-state index in [0.29, 0.717) is 11.3 Å². The van der Waals surface area contributed by atoms with E-state index in [2.05, 4.69) is 15.4 Å². The van der Waals surface area contributed by atoms with Crippen LogP contribution in [0.15, 0.2) is 36.7 Å². The van der Waals surface area contributed by atoms with Gasteiger partial charge >= 0.3 is 0 Å². The fourth-order valence-electron chi connectivity index (χ4n) is 2.43. The van der Waals surface area contributed by atoms with E-state index in [9.17, 15) is 14.9 Å². The van der Waals surface area contributed by atoms with Crippen molar-refractivity contribution < 1.29 is 9.72 Å². The summed E-state index contributed by atoms with van der Waals surface area (Å²) in [4.78, 5) is 27.2. The van der Waals surface area contributed by atoms with Gasteiger partial charge in [-0.25, -0.2) is 9.67 Å². The van der Waals surface area contributed by atoms with Gasteiger partial charge in [-0.1, -0.05) is 11.6 Å². The van der Waals surface area contributed by atoms with E-state index in [1.807, 2.05) is 13.8 Å². The molecule has 3 rings (SSSR count). The van der Waals surface area contributed by atoms with Crippen molar-refractivity contribution in [1.82, 2.24) is 14.8 Å². The van der Waals surface area contributed by atoms with Gasteiger partial charge in [0, 0.05) is 22.5 Å². The molecule has 0 saturated carbocycles. The third-order valence-electron chi connectivity index (χ3n) is 3.58. The minimum atomic E-state index is -0.644. The van der Waals surface area contributed by atoms with Crippen LogP contribution in [0.5, 0.6) is 0 Å². The van der Waals surface area contributed by atoms with E-state index in [-0.39, 0.29) is 22.3 Å². The molecule has 0 aliphatic heterocycles. The maximum Gasteiger partial charge on any atom is 0.283 e. The molecule has 0 radical (unpaired) electrons. The Bertz CT molecular complexity index is 983. The number of fused-ring (bicyclic) bond motifs is 1. The molecule has 0 unspecified atom stereocenters. The number of anilines is 1. The molecule has 25 heavy (non-hydrogen) atoms. The second kappa shape index (κ2) is 6.48. The van der Waals surface area contributed by atoms with Gasteiger partial charge < -0.3 is 5.32 Å². The average Bonchev–Trinajstić information content (AvgIpc) is 2.97. The normalized spacial score (nSPS) is 11.0. The van der Waals surface area contributed by atoms with Gasteiger partial charge in [0.1, 0.15) is 5.56 Å². The van der Waals surface area contributed by atoms with E-state index in [0.717, 1.165) is 11.5 Å². The van der Waals surface area contributed by atoms with Gasteiger partial charge in [-0.3, -0.25) is 14.9 Å². The van der Waals surface area contributed by atoms with Crippen molar-refractivity contribution in [2.45, 2.75) is 19.9 Å². The predicted octanol–water partition coefficient (Wildman–Crippen LogP) is 3.83. The molecule has 1 amide bonds. The first-order chi connectivity index (χ1) is 11.9. The van der Waals surface area contributed by atoms with E-state index >= 15 is 0 Å². The molecular weight excluding hydrogens is 346 g/mol. The van der Waals surface area contributed by atoms with Crippen LogP contribution in [-0.2, 0) is 0 Å². The minimum absolute atomic E-state index is 0.0765. The molecule has 1 aromatic carbocycles. The number of pyridine rings is 1. The number of aromatic nitrogens is 3. The fraction of sp³-hybridized carbons (Fsp3) is 0.188. The first kappa shape index (κ1) is 16.8. The maximum atomic E-state index is 12.4. The Kier molecular flexibility index (Phi) is 4.37. The van der Waals surface area contributed by atoms with Crippen LogP contribution in [0.25, 0.3) is 11.0 Å². The van der Waals surface area contributed by atoms with Crippen LogP contribution in [0.3, 0.4) is 0 Å². The quantitative estimate of drug-likeness (QED) is 0.563. The van der Waals surface area contributed by atoms with Gasteiger partial charge in [-0.15, -0.1) is 0 Å². The van der Waals surface area contributed by atoms with Crippen molar-refractivity contribution in [3.8, 4) is 0 Å². The molecule has 0 spiro atoms. The monoisotopic (exact) mass is 359 g/mol. The number of halogens is 1. The number of nitro benzene ring substituents is 1. The molecule has 3 aromatic rings. The molecule has 128 valence electrons. The predicted molar refractivity (Wildman–Crippen MR) is 94.0 cm³/mol. The van der Waals surface area contributed by atoms with Crippen molar-refractivity contribution in [3.63, 3.8) is 0 Å². The molecule has 0 saturated heterocycles. The summed E-state index contributed by atoms with van der Waals surface area (Å²) >= 11 is 5.76. The van der Waals surface area contributed by atoms with E-state index in [1.165, 1.54) is 18.3 Å². The van der Waals surface area contributed by atoms with Crippen LogP contribution >= 0.6 is 11.6 Å². The van der Waals surface area contributed by atoms with E-state index in [1.54, 1.807) is 16.9 Å². The number of nitrogens with one attached hydrogen (secondary N) is 1. The molecule has 2 heterocycles. The van der Waals surface area contributed by atoms with Crippen LogP contribution in [-0.4, -0.2) is 25.6 Å². The van der Waals surface area contributed by atoms with Gasteiger partial charge in [0.25, 0.3) is 11.6 Å². The number of benzene rings is 1. The molecule has 0 aliphatic carbocycles. The molecule has 8 nitrogen and oxygen atoms in total. The number of carbonyl (C=O) groups excluding carboxylic acids is 1. The van der Waals surface area contributed by atoms with Crippen molar-refractivity contribution in [2.24, 2.45) is 0 Å². The Labute approximate surface area is 147 Å². The fourth-order valence-corrected chi connectivity index (χ4v) is 2.60. The van der Waals surface area contributed by atoms with Crippen molar-refractivity contribution in [2.75, 3.05) is 5.32 Å². The number of nitro groups is 1. The van der Waals surface area contributed by atoms with Gasteiger partial charge in [0.15, 0.2) is 5.65 Å². The highest BCUT2D eigenvalue weighted by Crippen LogP contribution is 2.25. The average molecular weight is 360 g/mol. The molecule has 9 heteroatoms. The van der Waals surface area contributed by atoms with Gasteiger partial charge in [-0.2, -0.15) is 5.10 Å². The topological polar surface area (TPSA) is 103 Å². The Morgan fingerprint density at radius 2 is 2.08 bits per heavy atom. The zero-order valence-corrected chi connectivity index (χ0v) is 14.2. The van der Waals surface area contributed by atoms with Crippen molar-refractivity contribution in [3.05, 3.63) is 57.4 Å². The smallest absolute Gasteiger partial charge is 0.283 e. The van der Waals surface area contributed by atoms with Crippen LogP contribution in [0.1, 0.15) is 30.2 Å². The molecule has 0 aliphatic rings. The lowest BCUT2D eigenvalue weighted by Crippen LogP contribution is -2.14. The number of carbonyl (C=O) groups is 1. The second-order valence-electron chi connectivity index (χ2n) is 5.69. The molecule has 0 atom stereocenters. The van der Waals surface area contributed by atoms with Crippen LogP contribution in [0.2, 0.25) is 5.02 Å². The number of rotatable bonds is 4. The van der Waals surface area contributed by atoms with E-state index < -0.39 is 10.8 Å². The third kappa shape index (κ3) is 3.29. The summed E-state index contributed by atoms with van der Waals surface area (Å²) in [5, 5.41) is 18.9. The van der Waals surface area contributed by atoms with Crippen LogP contribution in [0, 0.1) is 10.1 Å². The lowest BCUT2D eigenvalue weighted by molar-refractivity contribution is -0.385. The third-order valence-corrected chi connectivity index (χ3v) is 3.82. The molecular formula is C16H14ClN5O3.